The third kappa shape index (κ3) is 1.93. The lowest BCUT2D eigenvalue weighted by atomic mass is 9.98. The van der Waals surface area contributed by atoms with Gasteiger partial charge in [0, 0.05) is 13.1 Å². The highest BCUT2D eigenvalue weighted by Gasteiger charge is 2.22. The van der Waals surface area contributed by atoms with Crippen LogP contribution < -0.4 is 5.73 Å². The van der Waals surface area contributed by atoms with Crippen molar-refractivity contribution in [3.05, 3.63) is 0 Å². The fraction of sp³-hybridized carbons (Fsp3) is 0.714. The molecule has 11 heavy (non-hydrogen) atoms. The van der Waals surface area contributed by atoms with E-state index in [9.17, 15) is 9.59 Å². The van der Waals surface area contributed by atoms with E-state index in [1.54, 1.807) is 4.90 Å². The minimum absolute atomic E-state index is 0.131. The van der Waals surface area contributed by atoms with Crippen molar-refractivity contribution in [3.63, 3.8) is 0 Å². The molecular weight excluding hydrogens is 144 g/mol. The molecular formula is C7H12N2O2. The zero-order valence-electron chi connectivity index (χ0n) is 6.32. The minimum Gasteiger partial charge on any atom is -0.369 e. The predicted molar refractivity (Wildman–Crippen MR) is 39.6 cm³/mol. The Balaban J connectivity index is 2.45. The van der Waals surface area contributed by atoms with Gasteiger partial charge in [0.1, 0.15) is 0 Å². The average Bonchev–Trinajstić information content (AvgIpc) is 2.05. The molecule has 0 bridgehead atoms. The van der Waals surface area contributed by atoms with Crippen LogP contribution in [0.15, 0.2) is 0 Å². The number of hydrogen-bond acceptors (Lipinski definition) is 2. The second-order valence-electron chi connectivity index (χ2n) is 2.84. The van der Waals surface area contributed by atoms with Gasteiger partial charge in [0.2, 0.25) is 12.3 Å². The summed E-state index contributed by atoms with van der Waals surface area (Å²) in [5.41, 5.74) is 5.10. The molecule has 0 aromatic carbocycles. The van der Waals surface area contributed by atoms with Gasteiger partial charge < -0.3 is 10.6 Å². The molecule has 0 unspecified atom stereocenters. The van der Waals surface area contributed by atoms with Gasteiger partial charge in [-0.25, -0.2) is 0 Å². The second kappa shape index (κ2) is 3.37. The first-order valence-electron chi connectivity index (χ1n) is 3.72. The molecule has 1 fully saturated rings. The quantitative estimate of drug-likeness (QED) is 0.539. The van der Waals surface area contributed by atoms with Gasteiger partial charge in [-0.05, 0) is 12.8 Å². The molecule has 62 valence electrons. The summed E-state index contributed by atoms with van der Waals surface area (Å²) in [5, 5.41) is 0. The molecule has 2 amide bonds. The summed E-state index contributed by atoms with van der Waals surface area (Å²) in [7, 11) is 0. The van der Waals surface area contributed by atoms with E-state index in [0.29, 0.717) is 6.54 Å². The molecule has 0 spiro atoms. The number of primary amides is 1. The van der Waals surface area contributed by atoms with Crippen LogP contribution in [-0.2, 0) is 9.59 Å². The van der Waals surface area contributed by atoms with Gasteiger partial charge in [-0.2, -0.15) is 0 Å². The fourth-order valence-corrected chi connectivity index (χ4v) is 1.33. The molecule has 1 aliphatic rings. The summed E-state index contributed by atoms with van der Waals surface area (Å²) in [6.07, 6.45) is 2.47. The first-order chi connectivity index (χ1) is 5.24. The van der Waals surface area contributed by atoms with Crippen molar-refractivity contribution in [3.8, 4) is 0 Å². The maximum absolute atomic E-state index is 10.7. The van der Waals surface area contributed by atoms with Crippen LogP contribution in [0.1, 0.15) is 12.8 Å². The van der Waals surface area contributed by atoms with Crippen LogP contribution in [0.4, 0.5) is 0 Å². The topological polar surface area (TPSA) is 63.4 Å². The minimum atomic E-state index is -0.295. The molecule has 4 heteroatoms. The first-order valence-corrected chi connectivity index (χ1v) is 3.72. The van der Waals surface area contributed by atoms with E-state index in [0.717, 1.165) is 25.8 Å². The number of amides is 2. The molecule has 4 nitrogen and oxygen atoms in total. The Hall–Kier alpha value is -1.06. The molecule has 1 rings (SSSR count). The van der Waals surface area contributed by atoms with Crippen molar-refractivity contribution < 1.29 is 9.59 Å². The largest absolute Gasteiger partial charge is 0.369 e. The van der Waals surface area contributed by atoms with Crippen LogP contribution in [0.3, 0.4) is 0 Å². The molecule has 0 aromatic heterocycles. The number of likely N-dealkylation sites (tertiary alicyclic amines) is 1. The van der Waals surface area contributed by atoms with Crippen molar-refractivity contribution in [1.82, 2.24) is 4.90 Å². The van der Waals surface area contributed by atoms with Gasteiger partial charge in [-0.15, -0.1) is 0 Å². The Morgan fingerprint density at radius 1 is 1.64 bits per heavy atom. The number of piperidine rings is 1. The lowest BCUT2D eigenvalue weighted by molar-refractivity contribution is -0.126. The van der Waals surface area contributed by atoms with Crippen molar-refractivity contribution in [2.24, 2.45) is 11.7 Å². The highest BCUT2D eigenvalue weighted by atomic mass is 16.1. The highest BCUT2D eigenvalue weighted by molar-refractivity contribution is 5.77. The van der Waals surface area contributed by atoms with E-state index < -0.39 is 0 Å². The number of hydrogen-bond donors (Lipinski definition) is 1. The number of carbonyl (C=O) groups excluding carboxylic acids is 2. The van der Waals surface area contributed by atoms with Gasteiger partial charge >= 0.3 is 0 Å². The van der Waals surface area contributed by atoms with E-state index in [1.165, 1.54) is 0 Å². The average molecular weight is 156 g/mol. The van der Waals surface area contributed by atoms with Gasteiger partial charge in [-0.3, -0.25) is 9.59 Å². The normalized spacial score (nSPS) is 24.7. The van der Waals surface area contributed by atoms with Crippen molar-refractivity contribution in [2.75, 3.05) is 13.1 Å². The van der Waals surface area contributed by atoms with Gasteiger partial charge in [0.25, 0.3) is 0 Å². The van der Waals surface area contributed by atoms with E-state index >= 15 is 0 Å². The summed E-state index contributed by atoms with van der Waals surface area (Å²) in [6, 6.07) is 0. The van der Waals surface area contributed by atoms with Crippen LogP contribution in [0.5, 0.6) is 0 Å². The van der Waals surface area contributed by atoms with Crippen molar-refractivity contribution >= 4 is 12.3 Å². The predicted octanol–water partition coefficient (Wildman–Crippen LogP) is -0.660. The zero-order chi connectivity index (χ0) is 8.27. The van der Waals surface area contributed by atoms with Crippen LogP contribution in [0, 0.1) is 5.92 Å². The third-order valence-electron chi connectivity index (χ3n) is 2.00. The molecule has 1 aliphatic heterocycles. The number of carbonyl (C=O) groups is 2. The van der Waals surface area contributed by atoms with Crippen LogP contribution in [0.2, 0.25) is 0 Å². The summed E-state index contributed by atoms with van der Waals surface area (Å²) in [4.78, 5) is 22.6. The maximum Gasteiger partial charge on any atom is 0.222 e. The van der Waals surface area contributed by atoms with E-state index in [-0.39, 0.29) is 11.8 Å². The van der Waals surface area contributed by atoms with Crippen molar-refractivity contribution in [2.45, 2.75) is 12.8 Å². The summed E-state index contributed by atoms with van der Waals surface area (Å²) < 4.78 is 0. The monoisotopic (exact) mass is 156 g/mol. The first kappa shape index (κ1) is 8.04. The van der Waals surface area contributed by atoms with E-state index in [2.05, 4.69) is 0 Å². The van der Waals surface area contributed by atoms with Crippen LogP contribution in [-0.4, -0.2) is 30.3 Å². The van der Waals surface area contributed by atoms with E-state index in [1.807, 2.05) is 0 Å². The van der Waals surface area contributed by atoms with Gasteiger partial charge in [0.05, 0.1) is 5.92 Å². The number of nitrogens with zero attached hydrogens (tertiary/aromatic N) is 1. The molecule has 1 atom stereocenters. The summed E-state index contributed by atoms with van der Waals surface area (Å²) in [6.45, 7) is 1.26. The molecule has 0 aromatic rings. The molecule has 0 radical (unpaired) electrons. The van der Waals surface area contributed by atoms with Crippen LogP contribution >= 0.6 is 0 Å². The Morgan fingerprint density at radius 3 is 2.91 bits per heavy atom. The van der Waals surface area contributed by atoms with Gasteiger partial charge in [-0.1, -0.05) is 0 Å². The SMILES string of the molecule is NC(=O)[C@@H]1CCCN(C=O)C1. The maximum atomic E-state index is 10.7. The third-order valence-corrected chi connectivity index (χ3v) is 2.00. The lowest BCUT2D eigenvalue weighted by Crippen LogP contribution is -2.40. The number of nitrogens with two attached hydrogens (primary N) is 1. The molecule has 0 saturated carbocycles. The summed E-state index contributed by atoms with van der Waals surface area (Å²) in [5.74, 6) is -0.425. The Morgan fingerprint density at radius 2 is 2.36 bits per heavy atom. The Labute approximate surface area is 65.3 Å². The zero-order valence-corrected chi connectivity index (χ0v) is 6.32. The standard InChI is InChI=1S/C7H12N2O2/c8-7(11)6-2-1-3-9(4-6)5-10/h5-6H,1-4H2,(H2,8,11)/t6-/m1/s1. The van der Waals surface area contributed by atoms with Crippen molar-refractivity contribution in [1.29, 1.82) is 0 Å². The van der Waals surface area contributed by atoms with Crippen LogP contribution in [0.25, 0.3) is 0 Å². The summed E-state index contributed by atoms with van der Waals surface area (Å²) >= 11 is 0. The molecule has 0 aliphatic carbocycles. The lowest BCUT2D eigenvalue weighted by Gasteiger charge is -2.27. The number of rotatable bonds is 2. The molecule has 1 saturated heterocycles. The van der Waals surface area contributed by atoms with Gasteiger partial charge in [0.15, 0.2) is 0 Å². The highest BCUT2D eigenvalue weighted by Crippen LogP contribution is 2.13. The Kier molecular flexibility index (Phi) is 2.46. The van der Waals surface area contributed by atoms with E-state index in [4.69, 9.17) is 5.73 Å². The smallest absolute Gasteiger partial charge is 0.222 e. The molecule has 2 N–H and O–H groups in total. The molecule has 1 heterocycles. The fourth-order valence-electron chi connectivity index (χ4n) is 1.33. The second-order valence-corrected chi connectivity index (χ2v) is 2.84. The Bertz CT molecular complexity index is 170.